The van der Waals surface area contributed by atoms with Gasteiger partial charge in [-0.2, -0.15) is 5.26 Å². The van der Waals surface area contributed by atoms with Crippen LogP contribution >= 0.6 is 11.8 Å². The highest BCUT2D eigenvalue weighted by Crippen LogP contribution is 2.41. The molecular formula is C16H20N2O2S. The fourth-order valence-corrected chi connectivity index (χ4v) is 3.67. The van der Waals surface area contributed by atoms with E-state index in [0.29, 0.717) is 12.0 Å². The van der Waals surface area contributed by atoms with Crippen LogP contribution in [-0.2, 0) is 4.79 Å². The van der Waals surface area contributed by atoms with Crippen molar-refractivity contribution in [2.24, 2.45) is 5.41 Å². The minimum Gasteiger partial charge on any atom is -0.481 e. The Kier molecular flexibility index (Phi) is 4.79. The van der Waals surface area contributed by atoms with Crippen molar-refractivity contribution in [2.45, 2.75) is 44.0 Å². The molecule has 2 rings (SSSR count). The average molecular weight is 304 g/mol. The molecule has 5 heteroatoms. The second-order valence-corrected chi connectivity index (χ2v) is 6.84. The summed E-state index contributed by atoms with van der Waals surface area (Å²) in [7, 11) is 0. The van der Waals surface area contributed by atoms with Gasteiger partial charge in [-0.3, -0.25) is 4.79 Å². The SMILES string of the molecule is CCSc1cccc(NC2CCCC2(C)C(=O)O)c1C#N. The van der Waals surface area contributed by atoms with Crippen LogP contribution in [0.3, 0.4) is 0 Å². The predicted octanol–water partition coefficient (Wildman–Crippen LogP) is 3.73. The summed E-state index contributed by atoms with van der Waals surface area (Å²) in [5.41, 5.74) is 0.597. The predicted molar refractivity (Wildman–Crippen MR) is 84.6 cm³/mol. The molecule has 1 aromatic rings. The number of nitrogens with one attached hydrogen (secondary N) is 1. The van der Waals surface area contributed by atoms with E-state index >= 15 is 0 Å². The van der Waals surface area contributed by atoms with Gasteiger partial charge in [-0.25, -0.2) is 0 Å². The lowest BCUT2D eigenvalue weighted by molar-refractivity contribution is -0.147. The van der Waals surface area contributed by atoms with Crippen molar-refractivity contribution < 1.29 is 9.90 Å². The molecule has 0 aliphatic heterocycles. The molecule has 0 aromatic heterocycles. The van der Waals surface area contributed by atoms with E-state index in [9.17, 15) is 15.2 Å². The molecule has 0 saturated heterocycles. The highest BCUT2D eigenvalue weighted by atomic mass is 32.2. The van der Waals surface area contributed by atoms with Crippen LogP contribution in [0.4, 0.5) is 5.69 Å². The van der Waals surface area contributed by atoms with Gasteiger partial charge in [-0.15, -0.1) is 11.8 Å². The number of nitrogens with zero attached hydrogens (tertiary/aromatic N) is 1. The fourth-order valence-electron chi connectivity index (χ4n) is 2.88. The maximum atomic E-state index is 11.5. The molecule has 2 atom stereocenters. The lowest BCUT2D eigenvalue weighted by atomic mass is 9.84. The minimum atomic E-state index is -0.768. The quantitative estimate of drug-likeness (QED) is 0.811. The number of carboxylic acids is 1. The Bertz CT molecular complexity index is 582. The molecule has 2 unspecified atom stereocenters. The second-order valence-electron chi connectivity index (χ2n) is 5.54. The van der Waals surface area contributed by atoms with Crippen LogP contribution in [0.25, 0.3) is 0 Å². The smallest absolute Gasteiger partial charge is 0.311 e. The highest BCUT2D eigenvalue weighted by molar-refractivity contribution is 7.99. The summed E-state index contributed by atoms with van der Waals surface area (Å²) < 4.78 is 0. The van der Waals surface area contributed by atoms with Crippen molar-refractivity contribution in [1.29, 1.82) is 5.26 Å². The van der Waals surface area contributed by atoms with E-state index in [1.165, 1.54) is 0 Å². The number of hydrogen-bond acceptors (Lipinski definition) is 4. The Hall–Kier alpha value is -1.67. The fraction of sp³-hybridized carbons (Fsp3) is 0.500. The Morgan fingerprint density at radius 2 is 2.38 bits per heavy atom. The van der Waals surface area contributed by atoms with Gasteiger partial charge in [0.2, 0.25) is 0 Å². The number of anilines is 1. The van der Waals surface area contributed by atoms with Gasteiger partial charge in [0.25, 0.3) is 0 Å². The molecule has 21 heavy (non-hydrogen) atoms. The summed E-state index contributed by atoms with van der Waals surface area (Å²) >= 11 is 1.63. The molecule has 2 N–H and O–H groups in total. The summed E-state index contributed by atoms with van der Waals surface area (Å²) in [4.78, 5) is 12.5. The van der Waals surface area contributed by atoms with Crippen molar-refractivity contribution in [3.63, 3.8) is 0 Å². The number of carboxylic acid groups (broad SMARTS) is 1. The summed E-state index contributed by atoms with van der Waals surface area (Å²) in [6, 6.07) is 7.82. The third-order valence-electron chi connectivity index (χ3n) is 4.21. The van der Waals surface area contributed by atoms with Gasteiger partial charge in [-0.1, -0.05) is 19.4 Å². The van der Waals surface area contributed by atoms with Crippen molar-refractivity contribution in [3.05, 3.63) is 23.8 Å². The van der Waals surface area contributed by atoms with E-state index in [0.717, 1.165) is 29.2 Å². The van der Waals surface area contributed by atoms with Gasteiger partial charge in [0, 0.05) is 10.9 Å². The van der Waals surface area contributed by atoms with E-state index in [1.54, 1.807) is 18.7 Å². The van der Waals surface area contributed by atoms with Crippen LogP contribution in [0.1, 0.15) is 38.7 Å². The third kappa shape index (κ3) is 3.01. The van der Waals surface area contributed by atoms with Gasteiger partial charge in [0.15, 0.2) is 0 Å². The van der Waals surface area contributed by atoms with E-state index in [2.05, 4.69) is 11.4 Å². The molecule has 0 bridgehead atoms. The molecule has 0 heterocycles. The van der Waals surface area contributed by atoms with Gasteiger partial charge < -0.3 is 10.4 Å². The topological polar surface area (TPSA) is 73.1 Å². The second kappa shape index (κ2) is 6.40. The van der Waals surface area contributed by atoms with E-state index in [4.69, 9.17) is 0 Å². The summed E-state index contributed by atoms with van der Waals surface area (Å²) in [6.45, 7) is 3.83. The zero-order chi connectivity index (χ0) is 15.5. The lowest BCUT2D eigenvalue weighted by Crippen LogP contribution is -2.40. The first-order chi connectivity index (χ1) is 10.0. The number of carbonyl (C=O) groups is 1. The molecule has 112 valence electrons. The molecule has 1 aliphatic rings. The molecule has 1 aliphatic carbocycles. The molecule has 1 fully saturated rings. The molecule has 1 saturated carbocycles. The number of nitriles is 1. The number of hydrogen-bond donors (Lipinski definition) is 2. The first-order valence-electron chi connectivity index (χ1n) is 7.18. The van der Waals surface area contributed by atoms with E-state index < -0.39 is 11.4 Å². The monoisotopic (exact) mass is 304 g/mol. The summed E-state index contributed by atoms with van der Waals surface area (Å²) in [5, 5.41) is 22.2. The Morgan fingerprint density at radius 3 is 3.00 bits per heavy atom. The third-order valence-corrected chi connectivity index (χ3v) is 5.15. The Morgan fingerprint density at radius 1 is 1.62 bits per heavy atom. The zero-order valence-electron chi connectivity index (χ0n) is 12.3. The summed E-state index contributed by atoms with van der Waals surface area (Å²) in [5.74, 6) is 0.129. The normalized spacial score (nSPS) is 24.5. The molecule has 1 aromatic carbocycles. The van der Waals surface area contributed by atoms with Gasteiger partial charge in [0.05, 0.1) is 16.7 Å². The zero-order valence-corrected chi connectivity index (χ0v) is 13.2. The first kappa shape index (κ1) is 15.7. The van der Waals surface area contributed by atoms with Crippen molar-refractivity contribution in [1.82, 2.24) is 0 Å². The Labute approximate surface area is 129 Å². The molecule has 0 amide bonds. The van der Waals surface area contributed by atoms with Crippen LogP contribution < -0.4 is 5.32 Å². The number of rotatable bonds is 5. The van der Waals surface area contributed by atoms with Crippen LogP contribution in [0.2, 0.25) is 0 Å². The van der Waals surface area contributed by atoms with Gasteiger partial charge in [-0.05, 0) is 37.7 Å². The highest BCUT2D eigenvalue weighted by Gasteiger charge is 2.45. The average Bonchev–Trinajstić information content (AvgIpc) is 2.82. The lowest BCUT2D eigenvalue weighted by Gasteiger charge is -2.29. The number of thioether (sulfide) groups is 1. The molecule has 4 nitrogen and oxygen atoms in total. The maximum Gasteiger partial charge on any atom is 0.311 e. The number of benzene rings is 1. The van der Waals surface area contributed by atoms with Gasteiger partial charge >= 0.3 is 5.97 Å². The van der Waals surface area contributed by atoms with Crippen LogP contribution in [0.15, 0.2) is 23.1 Å². The van der Waals surface area contributed by atoms with Crippen molar-refractivity contribution >= 4 is 23.4 Å². The van der Waals surface area contributed by atoms with Crippen LogP contribution in [-0.4, -0.2) is 22.9 Å². The van der Waals surface area contributed by atoms with Crippen LogP contribution in [0.5, 0.6) is 0 Å². The van der Waals surface area contributed by atoms with E-state index in [-0.39, 0.29) is 6.04 Å². The largest absolute Gasteiger partial charge is 0.481 e. The van der Waals surface area contributed by atoms with Crippen molar-refractivity contribution in [3.8, 4) is 6.07 Å². The van der Waals surface area contributed by atoms with E-state index in [1.807, 2.05) is 25.1 Å². The Balaban J connectivity index is 2.30. The standard InChI is InChI=1S/C16H20N2O2S/c1-3-21-13-7-4-6-12(11(13)10-17)18-14-8-5-9-16(14,2)15(19)20/h4,6-7,14,18H,3,5,8-9H2,1-2H3,(H,19,20). The first-order valence-corrected chi connectivity index (χ1v) is 8.17. The van der Waals surface area contributed by atoms with Crippen molar-refractivity contribution in [2.75, 3.05) is 11.1 Å². The molecule has 0 spiro atoms. The number of aliphatic carboxylic acids is 1. The summed E-state index contributed by atoms with van der Waals surface area (Å²) in [6.07, 6.45) is 2.38. The van der Waals surface area contributed by atoms with Crippen LogP contribution in [0, 0.1) is 16.7 Å². The van der Waals surface area contributed by atoms with Gasteiger partial charge in [0.1, 0.15) is 6.07 Å². The maximum absolute atomic E-state index is 11.5. The molecular weight excluding hydrogens is 284 g/mol. The molecule has 0 radical (unpaired) electrons. The minimum absolute atomic E-state index is 0.135.